The molecule has 5 nitrogen and oxygen atoms in total. The topological polar surface area (TPSA) is 42.3 Å². The van der Waals surface area contributed by atoms with E-state index < -0.39 is 0 Å². The van der Waals surface area contributed by atoms with Crippen molar-refractivity contribution in [3.8, 4) is 5.88 Å². The molecule has 1 aromatic heterocycles. The molecule has 5 heteroatoms. The number of nitrogens with zero attached hydrogens (tertiary/aromatic N) is 3. The Hall–Kier alpha value is -1.23. The van der Waals surface area contributed by atoms with E-state index in [-0.39, 0.29) is 0 Å². The van der Waals surface area contributed by atoms with Crippen molar-refractivity contribution in [1.29, 1.82) is 0 Å². The lowest BCUT2D eigenvalue weighted by atomic mass is 10.1. The van der Waals surface area contributed by atoms with E-state index in [1.54, 1.807) is 11.8 Å². The molecule has 0 spiro atoms. The Morgan fingerprint density at radius 3 is 2.94 bits per heavy atom. The fourth-order valence-corrected chi connectivity index (χ4v) is 2.37. The van der Waals surface area contributed by atoms with Gasteiger partial charge < -0.3 is 15.0 Å². The maximum absolute atomic E-state index is 5.27. The Labute approximate surface area is 103 Å². The van der Waals surface area contributed by atoms with E-state index in [2.05, 4.69) is 29.2 Å². The first-order chi connectivity index (χ1) is 8.15. The lowest BCUT2D eigenvalue weighted by molar-refractivity contribution is 0.373. The molecule has 1 aliphatic rings. The number of piperazine rings is 1. The zero-order chi connectivity index (χ0) is 12.4. The second kappa shape index (κ2) is 4.96. The summed E-state index contributed by atoms with van der Waals surface area (Å²) in [5.74, 6) is 1.82. The van der Waals surface area contributed by atoms with Gasteiger partial charge in [-0.25, -0.2) is 4.68 Å². The summed E-state index contributed by atoms with van der Waals surface area (Å²) in [5, 5.41) is 8.04. The van der Waals surface area contributed by atoms with Crippen molar-refractivity contribution in [3.05, 3.63) is 6.07 Å². The molecule has 1 aliphatic heterocycles. The van der Waals surface area contributed by atoms with Crippen LogP contribution in [-0.4, -0.2) is 42.1 Å². The molecule has 96 valence electrons. The molecule has 0 saturated carbocycles. The highest BCUT2D eigenvalue weighted by molar-refractivity contribution is 5.44. The quantitative estimate of drug-likeness (QED) is 0.853. The molecule has 1 fully saturated rings. The molecule has 1 aromatic rings. The zero-order valence-corrected chi connectivity index (χ0v) is 11.1. The van der Waals surface area contributed by atoms with Crippen LogP contribution in [0.25, 0.3) is 0 Å². The highest BCUT2D eigenvalue weighted by Crippen LogP contribution is 2.24. The number of methoxy groups -OCH3 is 1. The Bertz CT molecular complexity index is 377. The largest absolute Gasteiger partial charge is 0.481 e. The summed E-state index contributed by atoms with van der Waals surface area (Å²) in [4.78, 5) is 2.38. The van der Waals surface area contributed by atoms with Crippen LogP contribution in [0.2, 0.25) is 0 Å². The maximum atomic E-state index is 5.27. The highest BCUT2D eigenvalue weighted by atomic mass is 16.5. The molecule has 0 bridgehead atoms. The van der Waals surface area contributed by atoms with Gasteiger partial charge in [0.25, 0.3) is 0 Å². The smallest absolute Gasteiger partial charge is 0.213 e. The average Bonchev–Trinajstić information content (AvgIpc) is 2.70. The minimum Gasteiger partial charge on any atom is -0.481 e. The van der Waals surface area contributed by atoms with E-state index >= 15 is 0 Å². The van der Waals surface area contributed by atoms with E-state index in [1.807, 2.05) is 13.1 Å². The number of hydrogen-bond acceptors (Lipinski definition) is 4. The third kappa shape index (κ3) is 2.39. The number of ether oxygens (including phenoxy) is 1. The summed E-state index contributed by atoms with van der Waals surface area (Å²) in [6, 6.07) is 3.04. The molecular formula is C12H22N4O. The molecule has 1 saturated heterocycles. The zero-order valence-electron chi connectivity index (χ0n) is 11.1. The van der Waals surface area contributed by atoms with Crippen molar-refractivity contribution in [2.75, 3.05) is 25.1 Å². The SMILES string of the molecule is CCC1CNC(C)CN1c1cc(OC)n(C)n1. The Morgan fingerprint density at radius 2 is 2.35 bits per heavy atom. The lowest BCUT2D eigenvalue weighted by Gasteiger charge is -2.39. The van der Waals surface area contributed by atoms with E-state index in [1.165, 1.54) is 0 Å². The van der Waals surface area contributed by atoms with Gasteiger partial charge in [0, 0.05) is 38.3 Å². The predicted octanol–water partition coefficient (Wildman–Crippen LogP) is 1.01. The molecule has 0 radical (unpaired) electrons. The van der Waals surface area contributed by atoms with Gasteiger partial charge in [-0.15, -0.1) is 0 Å². The summed E-state index contributed by atoms with van der Waals surface area (Å²) in [7, 11) is 3.59. The van der Waals surface area contributed by atoms with Crippen LogP contribution < -0.4 is 15.0 Å². The number of anilines is 1. The minimum absolute atomic E-state index is 0.505. The van der Waals surface area contributed by atoms with Gasteiger partial charge in [-0.1, -0.05) is 6.92 Å². The summed E-state index contributed by atoms with van der Waals surface area (Å²) < 4.78 is 7.06. The Morgan fingerprint density at radius 1 is 1.59 bits per heavy atom. The molecular weight excluding hydrogens is 216 g/mol. The molecule has 2 atom stereocenters. The normalized spacial score (nSPS) is 25.1. The molecule has 2 unspecified atom stereocenters. The van der Waals surface area contributed by atoms with Crippen molar-refractivity contribution >= 4 is 5.82 Å². The minimum atomic E-state index is 0.505. The first-order valence-electron chi connectivity index (χ1n) is 6.23. The molecule has 2 heterocycles. The van der Waals surface area contributed by atoms with Crippen LogP contribution in [-0.2, 0) is 7.05 Å². The van der Waals surface area contributed by atoms with Crippen molar-refractivity contribution in [2.45, 2.75) is 32.4 Å². The van der Waals surface area contributed by atoms with Crippen molar-refractivity contribution in [1.82, 2.24) is 15.1 Å². The third-order valence-electron chi connectivity index (χ3n) is 3.41. The van der Waals surface area contributed by atoms with Crippen molar-refractivity contribution < 1.29 is 4.74 Å². The Balaban J connectivity index is 2.22. The van der Waals surface area contributed by atoms with Crippen LogP contribution in [0.15, 0.2) is 6.07 Å². The van der Waals surface area contributed by atoms with Gasteiger partial charge in [-0.3, -0.25) is 0 Å². The predicted molar refractivity (Wildman–Crippen MR) is 68.6 cm³/mol. The first kappa shape index (κ1) is 12.2. The van der Waals surface area contributed by atoms with Crippen LogP contribution in [0.5, 0.6) is 5.88 Å². The lowest BCUT2D eigenvalue weighted by Crippen LogP contribution is -2.55. The van der Waals surface area contributed by atoms with Crippen LogP contribution >= 0.6 is 0 Å². The number of nitrogens with one attached hydrogen (secondary N) is 1. The maximum Gasteiger partial charge on any atom is 0.213 e. The first-order valence-corrected chi connectivity index (χ1v) is 6.23. The highest BCUT2D eigenvalue weighted by Gasteiger charge is 2.26. The summed E-state index contributed by atoms with van der Waals surface area (Å²) in [5.41, 5.74) is 0. The summed E-state index contributed by atoms with van der Waals surface area (Å²) >= 11 is 0. The van der Waals surface area contributed by atoms with Gasteiger partial charge in [-0.05, 0) is 13.3 Å². The van der Waals surface area contributed by atoms with E-state index in [0.717, 1.165) is 31.2 Å². The van der Waals surface area contributed by atoms with Gasteiger partial charge in [0.15, 0.2) is 5.82 Å². The Kier molecular flexibility index (Phi) is 3.57. The number of rotatable bonds is 3. The van der Waals surface area contributed by atoms with Gasteiger partial charge in [0.1, 0.15) is 0 Å². The number of hydrogen-bond donors (Lipinski definition) is 1. The molecule has 0 aliphatic carbocycles. The second-order valence-corrected chi connectivity index (χ2v) is 4.69. The number of aromatic nitrogens is 2. The molecule has 0 amide bonds. The number of aryl methyl sites for hydroxylation is 1. The van der Waals surface area contributed by atoms with E-state index in [9.17, 15) is 0 Å². The van der Waals surface area contributed by atoms with Crippen molar-refractivity contribution in [2.24, 2.45) is 7.05 Å². The van der Waals surface area contributed by atoms with Gasteiger partial charge >= 0.3 is 0 Å². The van der Waals surface area contributed by atoms with Gasteiger partial charge in [0.2, 0.25) is 5.88 Å². The van der Waals surface area contributed by atoms with E-state index in [4.69, 9.17) is 4.74 Å². The standard InChI is InChI=1S/C12H22N4O/c1-5-10-7-13-9(2)8-16(10)11-6-12(17-4)15(3)14-11/h6,9-10,13H,5,7-8H2,1-4H3. The third-order valence-corrected chi connectivity index (χ3v) is 3.41. The van der Waals surface area contributed by atoms with Crippen LogP contribution in [0.1, 0.15) is 20.3 Å². The van der Waals surface area contributed by atoms with Gasteiger partial charge in [0.05, 0.1) is 7.11 Å². The van der Waals surface area contributed by atoms with Crippen LogP contribution in [0.4, 0.5) is 5.82 Å². The van der Waals surface area contributed by atoms with Crippen LogP contribution in [0, 0.1) is 0 Å². The monoisotopic (exact) mass is 238 g/mol. The van der Waals surface area contributed by atoms with Crippen LogP contribution in [0.3, 0.4) is 0 Å². The molecule has 0 aromatic carbocycles. The fraction of sp³-hybridized carbons (Fsp3) is 0.750. The molecule has 1 N–H and O–H groups in total. The van der Waals surface area contributed by atoms with Crippen molar-refractivity contribution in [3.63, 3.8) is 0 Å². The van der Waals surface area contributed by atoms with E-state index in [0.29, 0.717) is 12.1 Å². The summed E-state index contributed by atoms with van der Waals surface area (Å²) in [6.07, 6.45) is 1.12. The average molecular weight is 238 g/mol. The second-order valence-electron chi connectivity index (χ2n) is 4.69. The summed E-state index contributed by atoms with van der Waals surface area (Å²) in [6.45, 7) is 6.45. The van der Waals surface area contributed by atoms with Gasteiger partial charge in [-0.2, -0.15) is 5.10 Å². The molecule has 2 rings (SSSR count). The fourth-order valence-electron chi connectivity index (χ4n) is 2.37. The molecule has 17 heavy (non-hydrogen) atoms.